The molecule has 2 aromatic heterocycles. The Labute approximate surface area is 170 Å². The number of pyridine rings is 1. The highest BCUT2D eigenvalue weighted by atomic mass is 16.5. The second-order valence-corrected chi connectivity index (χ2v) is 7.13. The molecule has 0 bridgehead atoms. The number of nitrogens with zero attached hydrogens (tertiary/aromatic N) is 3. The third-order valence-electron chi connectivity index (χ3n) is 5.25. The average Bonchev–Trinajstić information content (AvgIpc) is 3.14. The Balaban J connectivity index is 1.48. The molecule has 0 unspecified atom stereocenters. The number of carbonyl (C=O) groups excluding carboxylic acids is 1. The molecule has 29 heavy (non-hydrogen) atoms. The maximum absolute atomic E-state index is 12.6. The van der Waals surface area contributed by atoms with Gasteiger partial charge in [-0.15, -0.1) is 0 Å². The predicted molar refractivity (Wildman–Crippen MR) is 112 cm³/mol. The Hall–Kier alpha value is -3.15. The van der Waals surface area contributed by atoms with Crippen LogP contribution in [0.5, 0.6) is 5.75 Å². The van der Waals surface area contributed by atoms with Gasteiger partial charge in [0.1, 0.15) is 5.75 Å². The van der Waals surface area contributed by atoms with Crippen molar-refractivity contribution < 1.29 is 9.53 Å². The molecule has 0 radical (unpaired) electrons. The summed E-state index contributed by atoms with van der Waals surface area (Å²) in [5, 5.41) is 7.90. The van der Waals surface area contributed by atoms with E-state index in [2.05, 4.69) is 15.0 Å². The summed E-state index contributed by atoms with van der Waals surface area (Å²) >= 11 is 0. The Morgan fingerprint density at radius 1 is 1.14 bits per heavy atom. The molecule has 0 saturated heterocycles. The number of hydrogen-bond donors (Lipinski definition) is 1. The second kappa shape index (κ2) is 8.90. The van der Waals surface area contributed by atoms with E-state index in [1.165, 1.54) is 24.1 Å². The molecule has 3 aromatic rings. The lowest BCUT2D eigenvalue weighted by Crippen LogP contribution is -2.28. The summed E-state index contributed by atoms with van der Waals surface area (Å²) in [5.41, 5.74) is 5.36. The first-order valence-electron chi connectivity index (χ1n) is 10.3. The van der Waals surface area contributed by atoms with Gasteiger partial charge >= 0.3 is 0 Å². The van der Waals surface area contributed by atoms with E-state index in [1.807, 2.05) is 37.3 Å². The van der Waals surface area contributed by atoms with Crippen LogP contribution >= 0.6 is 0 Å². The van der Waals surface area contributed by atoms with Crippen LogP contribution in [-0.2, 0) is 19.4 Å². The number of rotatable bonds is 7. The molecule has 1 amide bonds. The summed E-state index contributed by atoms with van der Waals surface area (Å²) in [6.45, 7) is 3.61. The first kappa shape index (κ1) is 19.2. The molecule has 6 nitrogen and oxygen atoms in total. The number of para-hydroxylation sites is 1. The standard InChI is InChI=1S/C23H26N4O2/c1-2-29-21-10-6-4-8-19(21)23(28)25-15-16-27-20-9-5-3-7-18(20)22(26-27)17-11-13-24-14-12-17/h4,6,8,10-14H,2-3,5,7,9,15-16H2,1H3,(H,25,28). The van der Waals surface area contributed by atoms with E-state index in [-0.39, 0.29) is 5.91 Å². The first-order chi connectivity index (χ1) is 14.3. The number of ether oxygens (including phenoxy) is 1. The highest BCUT2D eigenvalue weighted by molar-refractivity contribution is 5.96. The van der Waals surface area contributed by atoms with Crippen molar-refractivity contribution in [3.05, 3.63) is 65.6 Å². The summed E-state index contributed by atoms with van der Waals surface area (Å²) in [7, 11) is 0. The zero-order chi connectivity index (χ0) is 20.1. The van der Waals surface area contributed by atoms with Gasteiger partial charge in [-0.3, -0.25) is 14.5 Å². The molecule has 6 heteroatoms. The van der Waals surface area contributed by atoms with Crippen LogP contribution in [0.15, 0.2) is 48.8 Å². The lowest BCUT2D eigenvalue weighted by molar-refractivity contribution is 0.0948. The summed E-state index contributed by atoms with van der Waals surface area (Å²) < 4.78 is 7.63. The van der Waals surface area contributed by atoms with Crippen LogP contribution < -0.4 is 10.1 Å². The molecule has 1 N–H and O–H groups in total. The molecule has 0 saturated carbocycles. The maximum atomic E-state index is 12.6. The lowest BCUT2D eigenvalue weighted by atomic mass is 9.94. The number of benzene rings is 1. The minimum atomic E-state index is -0.121. The van der Waals surface area contributed by atoms with Gasteiger partial charge in [-0.1, -0.05) is 12.1 Å². The molecule has 0 atom stereocenters. The number of amides is 1. The number of carbonyl (C=O) groups is 1. The van der Waals surface area contributed by atoms with Crippen LogP contribution in [0.1, 0.15) is 41.4 Å². The van der Waals surface area contributed by atoms with Gasteiger partial charge in [0, 0.05) is 35.8 Å². The van der Waals surface area contributed by atoms with Crippen molar-refractivity contribution in [2.75, 3.05) is 13.2 Å². The quantitative estimate of drug-likeness (QED) is 0.669. The van der Waals surface area contributed by atoms with Crippen molar-refractivity contribution in [1.82, 2.24) is 20.1 Å². The number of hydrogen-bond acceptors (Lipinski definition) is 4. The van der Waals surface area contributed by atoms with Gasteiger partial charge in [0.2, 0.25) is 0 Å². The molecule has 150 valence electrons. The monoisotopic (exact) mass is 390 g/mol. The molecule has 1 aliphatic carbocycles. The normalized spacial score (nSPS) is 13.0. The smallest absolute Gasteiger partial charge is 0.255 e. The fourth-order valence-corrected chi connectivity index (χ4v) is 3.90. The lowest BCUT2D eigenvalue weighted by Gasteiger charge is -2.15. The Bertz CT molecular complexity index is 982. The highest BCUT2D eigenvalue weighted by Gasteiger charge is 2.21. The van der Waals surface area contributed by atoms with Gasteiger partial charge < -0.3 is 10.1 Å². The molecule has 0 aliphatic heterocycles. The van der Waals surface area contributed by atoms with E-state index in [4.69, 9.17) is 9.84 Å². The van der Waals surface area contributed by atoms with Crippen LogP contribution in [0, 0.1) is 0 Å². The van der Waals surface area contributed by atoms with Crippen molar-refractivity contribution >= 4 is 5.91 Å². The zero-order valence-corrected chi connectivity index (χ0v) is 16.7. The van der Waals surface area contributed by atoms with Gasteiger partial charge in [-0.2, -0.15) is 5.10 Å². The van der Waals surface area contributed by atoms with E-state index in [0.717, 1.165) is 24.1 Å². The van der Waals surface area contributed by atoms with Gasteiger partial charge in [0.15, 0.2) is 0 Å². The number of nitrogens with one attached hydrogen (secondary N) is 1. The third kappa shape index (κ3) is 4.16. The predicted octanol–water partition coefficient (Wildman–Crippen LogP) is 3.65. The summed E-state index contributed by atoms with van der Waals surface area (Å²) in [6, 6.07) is 11.4. The van der Waals surface area contributed by atoms with E-state index < -0.39 is 0 Å². The van der Waals surface area contributed by atoms with Crippen molar-refractivity contribution in [1.29, 1.82) is 0 Å². The fraction of sp³-hybridized carbons (Fsp3) is 0.348. The summed E-state index contributed by atoms with van der Waals surface area (Å²) in [5.74, 6) is 0.494. The Kier molecular flexibility index (Phi) is 5.89. The van der Waals surface area contributed by atoms with Crippen molar-refractivity contribution in [2.24, 2.45) is 0 Å². The summed E-state index contributed by atoms with van der Waals surface area (Å²) in [6.07, 6.45) is 8.08. The van der Waals surface area contributed by atoms with Crippen LogP contribution in [0.4, 0.5) is 0 Å². The van der Waals surface area contributed by atoms with E-state index in [1.54, 1.807) is 18.5 Å². The summed E-state index contributed by atoms with van der Waals surface area (Å²) in [4.78, 5) is 16.7. The molecule has 4 rings (SSSR count). The largest absolute Gasteiger partial charge is 0.493 e. The van der Waals surface area contributed by atoms with Gasteiger partial charge in [0.25, 0.3) is 5.91 Å². The Morgan fingerprint density at radius 2 is 1.93 bits per heavy atom. The molecule has 1 aliphatic rings. The third-order valence-corrected chi connectivity index (χ3v) is 5.25. The van der Waals surface area contributed by atoms with Crippen LogP contribution in [0.25, 0.3) is 11.3 Å². The van der Waals surface area contributed by atoms with Crippen LogP contribution in [0.2, 0.25) is 0 Å². The van der Waals surface area contributed by atoms with Crippen LogP contribution in [0.3, 0.4) is 0 Å². The molecule has 0 spiro atoms. The van der Waals surface area contributed by atoms with E-state index >= 15 is 0 Å². The Morgan fingerprint density at radius 3 is 2.76 bits per heavy atom. The number of fused-ring (bicyclic) bond motifs is 1. The topological polar surface area (TPSA) is 69.0 Å². The van der Waals surface area contributed by atoms with Gasteiger partial charge in [-0.05, 0) is 56.9 Å². The minimum absolute atomic E-state index is 0.121. The van der Waals surface area contributed by atoms with Gasteiger partial charge in [-0.25, -0.2) is 0 Å². The second-order valence-electron chi connectivity index (χ2n) is 7.13. The van der Waals surface area contributed by atoms with E-state index in [0.29, 0.717) is 31.0 Å². The van der Waals surface area contributed by atoms with Crippen molar-refractivity contribution in [3.8, 4) is 17.0 Å². The molecule has 2 heterocycles. The fourth-order valence-electron chi connectivity index (χ4n) is 3.90. The SMILES string of the molecule is CCOc1ccccc1C(=O)NCCn1nc(-c2ccncc2)c2c1CCCC2. The minimum Gasteiger partial charge on any atom is -0.493 e. The van der Waals surface area contributed by atoms with Crippen molar-refractivity contribution in [2.45, 2.75) is 39.2 Å². The average molecular weight is 390 g/mol. The number of aromatic nitrogens is 3. The van der Waals surface area contributed by atoms with E-state index in [9.17, 15) is 4.79 Å². The van der Waals surface area contributed by atoms with Gasteiger partial charge in [0.05, 0.1) is 24.4 Å². The molecular formula is C23H26N4O2. The van der Waals surface area contributed by atoms with Crippen LogP contribution in [-0.4, -0.2) is 33.8 Å². The molecule has 0 fully saturated rings. The maximum Gasteiger partial charge on any atom is 0.255 e. The van der Waals surface area contributed by atoms with Crippen molar-refractivity contribution in [3.63, 3.8) is 0 Å². The highest BCUT2D eigenvalue weighted by Crippen LogP contribution is 2.30. The first-order valence-corrected chi connectivity index (χ1v) is 10.3. The molecular weight excluding hydrogens is 364 g/mol. The zero-order valence-electron chi connectivity index (χ0n) is 16.7. The molecule has 1 aromatic carbocycles.